The van der Waals surface area contributed by atoms with Gasteiger partial charge in [-0.3, -0.25) is 5.43 Å². The van der Waals surface area contributed by atoms with Crippen LogP contribution in [-0.2, 0) is 12.8 Å². The highest BCUT2D eigenvalue weighted by Gasteiger charge is 2.31. The van der Waals surface area contributed by atoms with Gasteiger partial charge >= 0.3 is 6.36 Å². The lowest BCUT2D eigenvalue weighted by Crippen LogP contribution is -2.24. The number of aromatic nitrogens is 1. The Balaban J connectivity index is 1.28. The van der Waals surface area contributed by atoms with Crippen molar-refractivity contribution in [2.45, 2.75) is 33.1 Å². The number of hydrogen-bond donors (Lipinski definition) is 2. The van der Waals surface area contributed by atoms with E-state index in [0.29, 0.717) is 5.11 Å². The number of fused-ring (bicyclic) bond motifs is 3. The Hall–Kier alpha value is -4.11. The first-order valence-corrected chi connectivity index (χ1v) is 12.4. The van der Waals surface area contributed by atoms with Crippen molar-refractivity contribution in [3.8, 4) is 22.6 Å². The first-order chi connectivity index (χ1) is 18.2. The molecular weight excluding hydrogens is 509 g/mol. The van der Waals surface area contributed by atoms with Gasteiger partial charge in [-0.05, 0) is 103 Å². The predicted octanol–water partition coefficient (Wildman–Crippen LogP) is 7.08. The van der Waals surface area contributed by atoms with E-state index < -0.39 is 6.36 Å². The molecule has 9 heteroatoms. The standard InChI is InChI=1S/C29H25F3N4OS/c1-18-4-3-5-19(2)27(18)34-28(38)35-33-17-20-6-12-24-21(16-20)7-13-26-25(24)14-15-36(26)22-8-10-23(11-9-22)37-29(30,31)32/h3-6,8-12,14-17H,7,13H2,1-2H3,(H2,34,35,38). The number of hydrazone groups is 1. The van der Waals surface area contributed by atoms with Gasteiger partial charge in [0.25, 0.3) is 0 Å². The topological polar surface area (TPSA) is 50.6 Å². The third-order valence-corrected chi connectivity index (χ3v) is 6.68. The number of nitrogens with one attached hydrogen (secondary N) is 2. The van der Waals surface area contributed by atoms with Crippen molar-refractivity contribution >= 4 is 29.2 Å². The van der Waals surface area contributed by atoms with Crippen LogP contribution in [0.15, 0.2) is 78.0 Å². The summed E-state index contributed by atoms with van der Waals surface area (Å²) in [7, 11) is 0. The number of para-hydroxylation sites is 1. The first kappa shape index (κ1) is 25.5. The molecule has 0 spiro atoms. The summed E-state index contributed by atoms with van der Waals surface area (Å²) in [6, 6.07) is 20.2. The third-order valence-electron chi connectivity index (χ3n) is 6.49. The summed E-state index contributed by atoms with van der Waals surface area (Å²) in [5.74, 6) is -0.238. The lowest BCUT2D eigenvalue weighted by Gasteiger charge is -2.20. The second kappa shape index (κ2) is 10.3. The lowest BCUT2D eigenvalue weighted by atomic mass is 9.88. The number of nitrogens with zero attached hydrogens (tertiary/aromatic N) is 2. The van der Waals surface area contributed by atoms with Crippen LogP contribution in [0.3, 0.4) is 0 Å². The Morgan fingerprint density at radius 2 is 1.71 bits per heavy atom. The Morgan fingerprint density at radius 3 is 2.42 bits per heavy atom. The molecule has 4 aromatic rings. The van der Waals surface area contributed by atoms with E-state index in [1.165, 1.54) is 17.7 Å². The van der Waals surface area contributed by atoms with Gasteiger partial charge in [0, 0.05) is 28.8 Å². The van der Waals surface area contributed by atoms with Gasteiger partial charge in [-0.25, -0.2) is 0 Å². The summed E-state index contributed by atoms with van der Waals surface area (Å²) in [4.78, 5) is 0. The number of halogens is 3. The van der Waals surface area contributed by atoms with Gasteiger partial charge in [-0.15, -0.1) is 13.2 Å². The molecule has 0 saturated heterocycles. The number of alkyl halides is 3. The molecule has 1 aliphatic rings. The molecule has 1 aromatic heterocycles. The van der Waals surface area contributed by atoms with Crippen LogP contribution in [0.2, 0.25) is 0 Å². The van der Waals surface area contributed by atoms with E-state index in [1.807, 2.05) is 54.9 Å². The molecule has 0 fully saturated rings. The van der Waals surface area contributed by atoms with Crippen molar-refractivity contribution in [1.82, 2.24) is 9.99 Å². The van der Waals surface area contributed by atoms with Gasteiger partial charge in [0.2, 0.25) is 0 Å². The largest absolute Gasteiger partial charge is 0.573 e. The molecule has 0 unspecified atom stereocenters. The Morgan fingerprint density at radius 1 is 0.974 bits per heavy atom. The second-order valence-corrected chi connectivity index (χ2v) is 9.50. The molecule has 38 heavy (non-hydrogen) atoms. The Bertz CT molecular complexity index is 1500. The SMILES string of the molecule is Cc1cccc(C)c1NC(=S)NN=Cc1ccc2c(c1)CCc1c-2ccn1-c1ccc(OC(F)(F)F)cc1. The molecule has 0 amide bonds. The summed E-state index contributed by atoms with van der Waals surface area (Å²) in [6.07, 6.45) is 0.621. The van der Waals surface area contributed by atoms with E-state index in [4.69, 9.17) is 12.2 Å². The van der Waals surface area contributed by atoms with Gasteiger partial charge in [-0.1, -0.05) is 30.3 Å². The van der Waals surface area contributed by atoms with E-state index in [1.54, 1.807) is 18.3 Å². The minimum absolute atomic E-state index is 0.238. The molecule has 1 aliphatic carbocycles. The number of thiocarbonyl (C=S) groups is 1. The average molecular weight is 535 g/mol. The van der Waals surface area contributed by atoms with E-state index in [2.05, 4.69) is 32.7 Å². The maximum Gasteiger partial charge on any atom is 0.573 e. The molecule has 3 aromatic carbocycles. The third kappa shape index (κ3) is 5.57. The fourth-order valence-electron chi connectivity index (χ4n) is 4.75. The summed E-state index contributed by atoms with van der Waals surface area (Å²) in [6.45, 7) is 4.05. The minimum Gasteiger partial charge on any atom is -0.406 e. The zero-order chi connectivity index (χ0) is 26.9. The highest BCUT2D eigenvalue weighted by molar-refractivity contribution is 7.80. The Kier molecular flexibility index (Phi) is 6.94. The summed E-state index contributed by atoms with van der Waals surface area (Å²) in [5.41, 5.74) is 12.4. The van der Waals surface area contributed by atoms with Crippen molar-refractivity contribution < 1.29 is 17.9 Å². The molecule has 2 N–H and O–H groups in total. The maximum absolute atomic E-state index is 12.5. The number of benzene rings is 3. The van der Waals surface area contributed by atoms with Crippen LogP contribution >= 0.6 is 12.2 Å². The fourth-order valence-corrected chi connectivity index (χ4v) is 4.91. The lowest BCUT2D eigenvalue weighted by molar-refractivity contribution is -0.274. The van der Waals surface area contributed by atoms with Crippen molar-refractivity contribution in [3.63, 3.8) is 0 Å². The Labute approximate surface area is 224 Å². The quantitative estimate of drug-likeness (QED) is 0.163. The molecule has 5 rings (SSSR count). The summed E-state index contributed by atoms with van der Waals surface area (Å²) < 4.78 is 43.4. The maximum atomic E-state index is 12.5. The number of rotatable bonds is 5. The molecule has 0 bridgehead atoms. The van der Waals surface area contributed by atoms with Crippen molar-refractivity contribution in [3.05, 3.63) is 101 Å². The summed E-state index contributed by atoms with van der Waals surface area (Å²) in [5, 5.41) is 7.92. The highest BCUT2D eigenvalue weighted by atomic mass is 32.1. The molecule has 0 saturated carbocycles. The first-order valence-electron chi connectivity index (χ1n) is 12.0. The smallest absolute Gasteiger partial charge is 0.406 e. The number of hydrogen-bond acceptors (Lipinski definition) is 3. The number of ether oxygens (including phenoxy) is 1. The fraction of sp³-hybridized carbons (Fsp3) is 0.172. The van der Waals surface area contributed by atoms with Crippen LogP contribution in [0, 0.1) is 13.8 Å². The van der Waals surface area contributed by atoms with E-state index >= 15 is 0 Å². The molecule has 0 aliphatic heterocycles. The van der Waals surface area contributed by atoms with E-state index in [9.17, 15) is 13.2 Å². The normalized spacial score (nSPS) is 12.7. The molecule has 0 radical (unpaired) electrons. The molecular formula is C29H25F3N4OS. The van der Waals surface area contributed by atoms with Crippen molar-refractivity contribution in [2.75, 3.05) is 5.32 Å². The zero-order valence-electron chi connectivity index (χ0n) is 20.8. The van der Waals surface area contributed by atoms with Crippen LogP contribution in [-0.4, -0.2) is 22.3 Å². The van der Waals surface area contributed by atoms with Crippen LogP contribution in [0.25, 0.3) is 16.8 Å². The molecule has 5 nitrogen and oxygen atoms in total. The molecule has 194 valence electrons. The van der Waals surface area contributed by atoms with Gasteiger partial charge in [-0.2, -0.15) is 5.10 Å². The van der Waals surface area contributed by atoms with Crippen LogP contribution in [0.4, 0.5) is 18.9 Å². The van der Waals surface area contributed by atoms with Gasteiger partial charge in [0.1, 0.15) is 5.75 Å². The zero-order valence-corrected chi connectivity index (χ0v) is 21.6. The van der Waals surface area contributed by atoms with Crippen molar-refractivity contribution in [2.24, 2.45) is 5.10 Å². The van der Waals surface area contributed by atoms with Gasteiger partial charge < -0.3 is 14.6 Å². The van der Waals surface area contributed by atoms with Gasteiger partial charge in [0.05, 0.1) is 6.21 Å². The van der Waals surface area contributed by atoms with Crippen molar-refractivity contribution in [1.29, 1.82) is 0 Å². The number of aryl methyl sites for hydroxylation is 3. The molecule has 0 atom stereocenters. The average Bonchev–Trinajstić information content (AvgIpc) is 3.30. The molecule has 1 heterocycles. The van der Waals surface area contributed by atoms with E-state index in [0.717, 1.165) is 57.7 Å². The summed E-state index contributed by atoms with van der Waals surface area (Å²) >= 11 is 5.39. The second-order valence-electron chi connectivity index (χ2n) is 9.10. The number of anilines is 1. The predicted molar refractivity (Wildman–Crippen MR) is 148 cm³/mol. The monoisotopic (exact) mass is 534 g/mol. The van der Waals surface area contributed by atoms with Crippen LogP contribution in [0.1, 0.15) is 27.9 Å². The highest BCUT2D eigenvalue weighted by Crippen LogP contribution is 2.36. The minimum atomic E-state index is -4.71. The van der Waals surface area contributed by atoms with Crippen LogP contribution < -0.4 is 15.5 Å². The van der Waals surface area contributed by atoms with Crippen LogP contribution in [0.5, 0.6) is 5.75 Å². The van der Waals surface area contributed by atoms with E-state index in [-0.39, 0.29) is 5.75 Å². The van der Waals surface area contributed by atoms with Gasteiger partial charge in [0.15, 0.2) is 5.11 Å².